The zero-order chi connectivity index (χ0) is 15.5. The zero-order valence-electron chi connectivity index (χ0n) is 12.5. The van der Waals surface area contributed by atoms with E-state index in [2.05, 4.69) is 15.3 Å². The van der Waals surface area contributed by atoms with Crippen LogP contribution in [-0.4, -0.2) is 15.9 Å². The normalized spacial score (nSPS) is 11.0. The number of aromatic nitrogens is 2. The van der Waals surface area contributed by atoms with E-state index in [0.717, 1.165) is 11.1 Å². The van der Waals surface area contributed by atoms with Gasteiger partial charge >= 0.3 is 0 Å². The first-order valence-corrected chi connectivity index (χ1v) is 7.22. The standard InChI is InChI=1S/C17H17N3O2/c1-11(2)16(21)19-10-12-5-7-13(8-6-12)17-20-15-14(22-17)4-3-9-18-15/h3-9,11H,10H2,1-2H3,(H,19,21). The molecular weight excluding hydrogens is 278 g/mol. The Hall–Kier alpha value is -2.69. The molecule has 5 nitrogen and oxygen atoms in total. The van der Waals surface area contributed by atoms with Crippen LogP contribution in [0.4, 0.5) is 0 Å². The van der Waals surface area contributed by atoms with Crippen molar-refractivity contribution < 1.29 is 9.21 Å². The molecule has 0 aliphatic rings. The highest BCUT2D eigenvalue weighted by molar-refractivity contribution is 5.77. The van der Waals surface area contributed by atoms with Gasteiger partial charge in [0.25, 0.3) is 0 Å². The topological polar surface area (TPSA) is 68.0 Å². The van der Waals surface area contributed by atoms with E-state index in [1.165, 1.54) is 0 Å². The molecule has 2 aromatic heterocycles. The van der Waals surface area contributed by atoms with Crippen LogP contribution >= 0.6 is 0 Å². The molecule has 2 heterocycles. The van der Waals surface area contributed by atoms with Gasteiger partial charge in [0, 0.05) is 24.2 Å². The maximum absolute atomic E-state index is 11.6. The molecule has 5 heteroatoms. The largest absolute Gasteiger partial charge is 0.434 e. The number of hydrogen-bond donors (Lipinski definition) is 1. The number of carbonyl (C=O) groups is 1. The minimum absolute atomic E-state index is 0.00785. The summed E-state index contributed by atoms with van der Waals surface area (Å²) in [5.74, 6) is 0.590. The van der Waals surface area contributed by atoms with Crippen molar-refractivity contribution in [1.82, 2.24) is 15.3 Å². The summed E-state index contributed by atoms with van der Waals surface area (Å²) < 4.78 is 5.68. The van der Waals surface area contributed by atoms with Crippen LogP contribution in [0.3, 0.4) is 0 Å². The van der Waals surface area contributed by atoms with Gasteiger partial charge in [0.05, 0.1) is 0 Å². The fourth-order valence-electron chi connectivity index (χ4n) is 2.05. The summed E-state index contributed by atoms with van der Waals surface area (Å²) in [6, 6.07) is 11.4. The SMILES string of the molecule is CC(C)C(=O)NCc1ccc(-c2nc3ncccc3o2)cc1. The van der Waals surface area contributed by atoms with Crippen LogP contribution in [0.2, 0.25) is 0 Å². The third kappa shape index (κ3) is 2.98. The van der Waals surface area contributed by atoms with E-state index in [-0.39, 0.29) is 11.8 Å². The molecule has 1 N–H and O–H groups in total. The molecule has 1 aromatic carbocycles. The Labute approximate surface area is 128 Å². The van der Waals surface area contributed by atoms with Gasteiger partial charge < -0.3 is 9.73 Å². The Morgan fingerprint density at radius 3 is 2.68 bits per heavy atom. The Bertz CT molecular complexity index is 758. The van der Waals surface area contributed by atoms with Gasteiger partial charge in [-0.25, -0.2) is 4.98 Å². The number of fused-ring (bicyclic) bond motifs is 1. The Morgan fingerprint density at radius 2 is 2.00 bits per heavy atom. The number of oxazole rings is 1. The Kier molecular flexibility index (Phi) is 3.87. The average molecular weight is 295 g/mol. The molecule has 0 aliphatic carbocycles. The van der Waals surface area contributed by atoms with Crippen molar-refractivity contribution in [2.45, 2.75) is 20.4 Å². The maximum atomic E-state index is 11.6. The summed E-state index contributed by atoms with van der Waals surface area (Å²) in [5, 5.41) is 2.89. The van der Waals surface area contributed by atoms with Gasteiger partial charge in [-0.3, -0.25) is 4.79 Å². The number of rotatable bonds is 4. The highest BCUT2D eigenvalue weighted by Crippen LogP contribution is 2.23. The van der Waals surface area contributed by atoms with Crippen molar-refractivity contribution >= 4 is 17.1 Å². The van der Waals surface area contributed by atoms with Crippen LogP contribution in [0.1, 0.15) is 19.4 Å². The summed E-state index contributed by atoms with van der Waals surface area (Å²) in [4.78, 5) is 20.1. The lowest BCUT2D eigenvalue weighted by Gasteiger charge is -2.07. The van der Waals surface area contributed by atoms with Crippen LogP contribution in [0, 0.1) is 5.92 Å². The average Bonchev–Trinajstić information content (AvgIpc) is 2.97. The summed E-state index contributed by atoms with van der Waals surface area (Å²) in [5.41, 5.74) is 3.19. The number of carbonyl (C=O) groups excluding carboxylic acids is 1. The lowest BCUT2D eigenvalue weighted by Crippen LogP contribution is -2.27. The number of nitrogens with zero attached hydrogens (tertiary/aromatic N) is 2. The van der Waals surface area contributed by atoms with Crippen molar-refractivity contribution in [3.05, 3.63) is 48.2 Å². The molecular formula is C17H17N3O2. The van der Waals surface area contributed by atoms with Gasteiger partial charge in [-0.05, 0) is 29.8 Å². The summed E-state index contributed by atoms with van der Waals surface area (Å²) in [7, 11) is 0. The molecule has 0 unspecified atom stereocenters. The van der Waals surface area contributed by atoms with Crippen LogP contribution < -0.4 is 5.32 Å². The van der Waals surface area contributed by atoms with E-state index in [0.29, 0.717) is 23.7 Å². The number of nitrogens with one attached hydrogen (secondary N) is 1. The molecule has 0 atom stereocenters. The molecule has 1 amide bonds. The fourth-order valence-corrected chi connectivity index (χ4v) is 2.05. The van der Waals surface area contributed by atoms with Gasteiger partial charge in [-0.2, -0.15) is 4.98 Å². The molecule has 0 saturated heterocycles. The number of benzene rings is 1. The summed E-state index contributed by atoms with van der Waals surface area (Å²) in [6.07, 6.45) is 1.69. The van der Waals surface area contributed by atoms with E-state index in [1.54, 1.807) is 6.20 Å². The van der Waals surface area contributed by atoms with Gasteiger partial charge in [0.2, 0.25) is 11.8 Å². The van der Waals surface area contributed by atoms with Crippen molar-refractivity contribution in [3.63, 3.8) is 0 Å². The van der Waals surface area contributed by atoms with Crippen molar-refractivity contribution in [2.75, 3.05) is 0 Å². The van der Waals surface area contributed by atoms with Crippen LogP contribution in [0.25, 0.3) is 22.7 Å². The van der Waals surface area contributed by atoms with Crippen molar-refractivity contribution in [1.29, 1.82) is 0 Å². The van der Waals surface area contributed by atoms with Crippen molar-refractivity contribution in [2.24, 2.45) is 5.92 Å². The predicted octanol–water partition coefficient (Wildman–Crippen LogP) is 3.16. The first-order chi connectivity index (χ1) is 10.6. The first kappa shape index (κ1) is 14.3. The second-order valence-electron chi connectivity index (χ2n) is 5.41. The molecule has 0 bridgehead atoms. The lowest BCUT2D eigenvalue weighted by atomic mass is 10.1. The Morgan fingerprint density at radius 1 is 1.23 bits per heavy atom. The zero-order valence-corrected chi connectivity index (χ0v) is 12.5. The molecule has 0 radical (unpaired) electrons. The molecule has 0 spiro atoms. The van der Waals surface area contributed by atoms with E-state index < -0.39 is 0 Å². The van der Waals surface area contributed by atoms with E-state index >= 15 is 0 Å². The van der Waals surface area contributed by atoms with Gasteiger partial charge in [0.1, 0.15) is 0 Å². The van der Waals surface area contributed by atoms with E-state index in [1.807, 2.05) is 50.2 Å². The molecule has 112 valence electrons. The molecule has 22 heavy (non-hydrogen) atoms. The van der Waals surface area contributed by atoms with Gasteiger partial charge in [0.15, 0.2) is 11.2 Å². The minimum atomic E-state index is -0.00785. The minimum Gasteiger partial charge on any atom is -0.434 e. The summed E-state index contributed by atoms with van der Waals surface area (Å²) in [6.45, 7) is 4.27. The number of amides is 1. The molecule has 0 saturated carbocycles. The quantitative estimate of drug-likeness (QED) is 0.802. The number of hydrogen-bond acceptors (Lipinski definition) is 4. The van der Waals surface area contributed by atoms with E-state index in [9.17, 15) is 4.79 Å². The first-order valence-electron chi connectivity index (χ1n) is 7.22. The predicted molar refractivity (Wildman–Crippen MR) is 83.9 cm³/mol. The van der Waals surface area contributed by atoms with Crippen LogP contribution in [0.5, 0.6) is 0 Å². The van der Waals surface area contributed by atoms with Gasteiger partial charge in [-0.1, -0.05) is 26.0 Å². The molecule has 0 aliphatic heterocycles. The lowest BCUT2D eigenvalue weighted by molar-refractivity contribution is -0.124. The highest BCUT2D eigenvalue weighted by atomic mass is 16.3. The molecule has 0 fully saturated rings. The maximum Gasteiger partial charge on any atom is 0.228 e. The third-order valence-electron chi connectivity index (χ3n) is 3.36. The van der Waals surface area contributed by atoms with Crippen molar-refractivity contribution in [3.8, 4) is 11.5 Å². The number of pyridine rings is 1. The highest BCUT2D eigenvalue weighted by Gasteiger charge is 2.09. The second-order valence-corrected chi connectivity index (χ2v) is 5.41. The molecule has 3 aromatic rings. The second kappa shape index (κ2) is 5.97. The third-order valence-corrected chi connectivity index (χ3v) is 3.36. The van der Waals surface area contributed by atoms with E-state index in [4.69, 9.17) is 4.42 Å². The monoisotopic (exact) mass is 295 g/mol. The Balaban J connectivity index is 1.75. The van der Waals surface area contributed by atoms with Crippen LogP contribution in [0.15, 0.2) is 47.0 Å². The fraction of sp³-hybridized carbons (Fsp3) is 0.235. The van der Waals surface area contributed by atoms with Crippen LogP contribution in [-0.2, 0) is 11.3 Å². The smallest absolute Gasteiger partial charge is 0.228 e. The van der Waals surface area contributed by atoms with Gasteiger partial charge in [-0.15, -0.1) is 0 Å². The molecule has 3 rings (SSSR count). The summed E-state index contributed by atoms with van der Waals surface area (Å²) >= 11 is 0.